The van der Waals surface area contributed by atoms with E-state index in [-0.39, 0.29) is 0 Å². The Hall–Kier alpha value is -2.03. The van der Waals surface area contributed by atoms with E-state index in [1.165, 1.54) is 16.8 Å². The maximum Gasteiger partial charge on any atom is 0.213 e. The third-order valence-electron chi connectivity index (χ3n) is 3.10. The SMILES string of the molecule is COc1cc(-c2ccc3c(c2)NCC3)ccn1. The minimum Gasteiger partial charge on any atom is -0.481 e. The zero-order valence-corrected chi connectivity index (χ0v) is 9.73. The van der Waals surface area contributed by atoms with Gasteiger partial charge in [0.15, 0.2) is 0 Å². The van der Waals surface area contributed by atoms with Gasteiger partial charge >= 0.3 is 0 Å². The quantitative estimate of drug-likeness (QED) is 0.855. The van der Waals surface area contributed by atoms with Gasteiger partial charge < -0.3 is 10.1 Å². The second-order valence-corrected chi connectivity index (χ2v) is 4.14. The number of pyridine rings is 1. The average molecular weight is 226 g/mol. The molecule has 3 nitrogen and oxygen atoms in total. The fraction of sp³-hybridized carbons (Fsp3) is 0.214. The minimum absolute atomic E-state index is 0.649. The lowest BCUT2D eigenvalue weighted by Crippen LogP contribution is -1.91. The number of hydrogen-bond donors (Lipinski definition) is 1. The highest BCUT2D eigenvalue weighted by molar-refractivity contribution is 5.71. The van der Waals surface area contributed by atoms with Crippen LogP contribution in [0, 0.1) is 0 Å². The Morgan fingerprint density at radius 3 is 2.94 bits per heavy atom. The van der Waals surface area contributed by atoms with Gasteiger partial charge in [-0.25, -0.2) is 4.98 Å². The van der Waals surface area contributed by atoms with Crippen LogP contribution in [-0.4, -0.2) is 18.6 Å². The van der Waals surface area contributed by atoms with Crippen LogP contribution in [0.25, 0.3) is 11.1 Å². The summed E-state index contributed by atoms with van der Waals surface area (Å²) in [6.45, 7) is 1.04. The smallest absolute Gasteiger partial charge is 0.213 e. The first-order valence-corrected chi connectivity index (χ1v) is 5.74. The van der Waals surface area contributed by atoms with Crippen LogP contribution in [0.15, 0.2) is 36.5 Å². The van der Waals surface area contributed by atoms with Crippen molar-refractivity contribution in [3.05, 3.63) is 42.1 Å². The number of ether oxygens (including phenoxy) is 1. The molecule has 1 aromatic carbocycles. The van der Waals surface area contributed by atoms with Crippen molar-refractivity contribution in [1.82, 2.24) is 4.98 Å². The normalized spacial score (nSPS) is 13.0. The maximum atomic E-state index is 5.14. The van der Waals surface area contributed by atoms with Gasteiger partial charge in [0.05, 0.1) is 7.11 Å². The van der Waals surface area contributed by atoms with Gasteiger partial charge in [-0.3, -0.25) is 0 Å². The highest BCUT2D eigenvalue weighted by Crippen LogP contribution is 2.29. The van der Waals surface area contributed by atoms with E-state index in [9.17, 15) is 0 Å². The Bertz CT molecular complexity index is 552. The average Bonchev–Trinajstić information content (AvgIpc) is 2.86. The zero-order valence-electron chi connectivity index (χ0n) is 9.73. The molecule has 0 unspecified atom stereocenters. The third kappa shape index (κ3) is 1.84. The number of benzene rings is 1. The molecule has 3 heteroatoms. The molecule has 2 aromatic rings. The topological polar surface area (TPSA) is 34.1 Å². The number of nitrogens with zero attached hydrogens (tertiary/aromatic N) is 1. The number of anilines is 1. The summed E-state index contributed by atoms with van der Waals surface area (Å²) < 4.78 is 5.14. The molecule has 0 atom stereocenters. The summed E-state index contributed by atoms with van der Waals surface area (Å²) in [5, 5.41) is 3.39. The molecule has 0 saturated heterocycles. The first-order valence-electron chi connectivity index (χ1n) is 5.74. The number of fused-ring (bicyclic) bond motifs is 1. The lowest BCUT2D eigenvalue weighted by atomic mass is 10.0. The van der Waals surface area contributed by atoms with Crippen molar-refractivity contribution in [1.29, 1.82) is 0 Å². The van der Waals surface area contributed by atoms with E-state index < -0.39 is 0 Å². The van der Waals surface area contributed by atoms with E-state index in [1.807, 2.05) is 12.1 Å². The van der Waals surface area contributed by atoms with Crippen molar-refractivity contribution in [2.24, 2.45) is 0 Å². The molecular formula is C14H14N2O. The Morgan fingerprint density at radius 1 is 1.18 bits per heavy atom. The molecular weight excluding hydrogens is 212 g/mol. The summed E-state index contributed by atoms with van der Waals surface area (Å²) >= 11 is 0. The summed E-state index contributed by atoms with van der Waals surface area (Å²) in [5.74, 6) is 0.649. The molecule has 1 aromatic heterocycles. The first kappa shape index (κ1) is 10.1. The predicted molar refractivity (Wildman–Crippen MR) is 68.4 cm³/mol. The van der Waals surface area contributed by atoms with Gasteiger partial charge in [0, 0.05) is 24.5 Å². The van der Waals surface area contributed by atoms with Gasteiger partial charge in [0.2, 0.25) is 5.88 Å². The molecule has 0 amide bonds. The first-order chi connectivity index (χ1) is 8.36. The molecule has 1 N–H and O–H groups in total. The van der Waals surface area contributed by atoms with Gasteiger partial charge in [-0.2, -0.15) is 0 Å². The minimum atomic E-state index is 0.649. The summed E-state index contributed by atoms with van der Waals surface area (Å²) in [7, 11) is 1.64. The Morgan fingerprint density at radius 2 is 2.06 bits per heavy atom. The summed E-state index contributed by atoms with van der Waals surface area (Å²) in [6.07, 6.45) is 2.89. The maximum absolute atomic E-state index is 5.14. The molecule has 0 saturated carbocycles. The second-order valence-electron chi connectivity index (χ2n) is 4.14. The molecule has 1 aliphatic rings. The third-order valence-corrected chi connectivity index (χ3v) is 3.10. The standard InChI is InChI=1S/C14H14N2O/c1-17-14-9-12(5-7-16-14)11-3-2-10-4-6-15-13(10)8-11/h2-3,5,7-9,15H,4,6H2,1H3. The fourth-order valence-corrected chi connectivity index (χ4v) is 2.17. The Labute approximate surface area is 100 Å². The van der Waals surface area contributed by atoms with Crippen molar-refractivity contribution in [2.45, 2.75) is 6.42 Å². The Balaban J connectivity index is 2.03. The lowest BCUT2D eigenvalue weighted by molar-refractivity contribution is 0.398. The molecule has 2 heterocycles. The van der Waals surface area contributed by atoms with Crippen molar-refractivity contribution in [3.63, 3.8) is 0 Å². The number of nitrogens with one attached hydrogen (secondary N) is 1. The van der Waals surface area contributed by atoms with E-state index >= 15 is 0 Å². The van der Waals surface area contributed by atoms with Crippen LogP contribution < -0.4 is 10.1 Å². The van der Waals surface area contributed by atoms with Crippen molar-refractivity contribution in [2.75, 3.05) is 19.0 Å². The molecule has 0 radical (unpaired) electrons. The predicted octanol–water partition coefficient (Wildman–Crippen LogP) is 2.73. The van der Waals surface area contributed by atoms with Crippen LogP contribution in [0.1, 0.15) is 5.56 Å². The fourth-order valence-electron chi connectivity index (χ4n) is 2.17. The number of aromatic nitrogens is 1. The molecule has 86 valence electrons. The van der Waals surface area contributed by atoms with Crippen molar-refractivity contribution < 1.29 is 4.74 Å². The summed E-state index contributed by atoms with van der Waals surface area (Å²) in [5.41, 5.74) is 4.97. The number of rotatable bonds is 2. The van der Waals surface area contributed by atoms with E-state index in [1.54, 1.807) is 13.3 Å². The van der Waals surface area contributed by atoms with Gasteiger partial charge in [-0.1, -0.05) is 12.1 Å². The molecule has 0 aliphatic carbocycles. The summed E-state index contributed by atoms with van der Waals surface area (Å²) in [4.78, 5) is 4.12. The second kappa shape index (κ2) is 4.09. The van der Waals surface area contributed by atoms with Crippen LogP contribution >= 0.6 is 0 Å². The van der Waals surface area contributed by atoms with E-state index in [2.05, 4.69) is 28.5 Å². The molecule has 0 spiro atoms. The monoisotopic (exact) mass is 226 g/mol. The highest BCUT2D eigenvalue weighted by Gasteiger charge is 2.10. The van der Waals surface area contributed by atoms with E-state index in [4.69, 9.17) is 4.74 Å². The van der Waals surface area contributed by atoms with Gasteiger partial charge in [-0.15, -0.1) is 0 Å². The van der Waals surface area contributed by atoms with E-state index in [0.717, 1.165) is 18.5 Å². The van der Waals surface area contributed by atoms with Gasteiger partial charge in [-0.05, 0) is 35.2 Å². The summed E-state index contributed by atoms with van der Waals surface area (Å²) in [6, 6.07) is 10.5. The highest BCUT2D eigenvalue weighted by atomic mass is 16.5. The van der Waals surface area contributed by atoms with Crippen LogP contribution in [-0.2, 0) is 6.42 Å². The Kier molecular flexibility index (Phi) is 2.44. The van der Waals surface area contributed by atoms with Gasteiger partial charge in [0.25, 0.3) is 0 Å². The van der Waals surface area contributed by atoms with Gasteiger partial charge in [0.1, 0.15) is 0 Å². The lowest BCUT2D eigenvalue weighted by Gasteiger charge is -2.06. The molecule has 0 bridgehead atoms. The molecule has 3 rings (SSSR count). The number of hydrogen-bond acceptors (Lipinski definition) is 3. The van der Waals surface area contributed by atoms with Crippen molar-refractivity contribution >= 4 is 5.69 Å². The van der Waals surface area contributed by atoms with Crippen LogP contribution in [0.5, 0.6) is 5.88 Å². The van der Waals surface area contributed by atoms with Crippen LogP contribution in [0.2, 0.25) is 0 Å². The van der Waals surface area contributed by atoms with Crippen molar-refractivity contribution in [3.8, 4) is 17.0 Å². The largest absolute Gasteiger partial charge is 0.481 e. The van der Waals surface area contributed by atoms with Crippen LogP contribution in [0.4, 0.5) is 5.69 Å². The molecule has 0 fully saturated rings. The van der Waals surface area contributed by atoms with Crippen LogP contribution in [0.3, 0.4) is 0 Å². The number of methoxy groups -OCH3 is 1. The van der Waals surface area contributed by atoms with E-state index in [0.29, 0.717) is 5.88 Å². The molecule has 17 heavy (non-hydrogen) atoms. The molecule has 1 aliphatic heterocycles. The zero-order chi connectivity index (χ0) is 11.7.